The van der Waals surface area contributed by atoms with E-state index >= 15 is 0 Å². The van der Waals surface area contributed by atoms with Crippen LogP contribution < -0.4 is 11.2 Å². The molecule has 0 amide bonds. The summed E-state index contributed by atoms with van der Waals surface area (Å²) in [4.78, 5) is 42.7. The van der Waals surface area contributed by atoms with Crippen molar-refractivity contribution >= 4 is 28.7 Å². The second kappa shape index (κ2) is 6.72. The fraction of sp³-hybridized carbons (Fsp3) is 0.294. The SMILES string of the molecule is CC(=O)C(C)Sc1nc2c(c(=O)[nH]c(=O)n2C)n1Cc1ccccc1. The Bertz CT molecular complexity index is 1050. The summed E-state index contributed by atoms with van der Waals surface area (Å²) in [5, 5.41) is 0.232. The lowest BCUT2D eigenvalue weighted by Crippen LogP contribution is -2.29. The minimum atomic E-state index is -0.516. The lowest BCUT2D eigenvalue weighted by molar-refractivity contribution is -0.116. The van der Waals surface area contributed by atoms with E-state index in [1.807, 2.05) is 30.3 Å². The number of ketones is 1. The van der Waals surface area contributed by atoms with E-state index in [0.29, 0.717) is 22.9 Å². The number of thioether (sulfide) groups is 1. The molecule has 0 bridgehead atoms. The third-order valence-corrected chi connectivity index (χ3v) is 5.22. The van der Waals surface area contributed by atoms with Crippen molar-refractivity contribution in [1.82, 2.24) is 19.1 Å². The zero-order valence-corrected chi connectivity index (χ0v) is 15.0. The van der Waals surface area contributed by atoms with E-state index in [2.05, 4.69) is 9.97 Å². The van der Waals surface area contributed by atoms with Crippen molar-refractivity contribution in [1.29, 1.82) is 0 Å². The maximum Gasteiger partial charge on any atom is 0.329 e. The Morgan fingerprint density at radius 3 is 2.60 bits per heavy atom. The number of nitrogens with zero attached hydrogens (tertiary/aromatic N) is 3. The van der Waals surface area contributed by atoms with Crippen LogP contribution in [0, 0.1) is 0 Å². The molecule has 0 saturated heterocycles. The average molecular weight is 358 g/mol. The Hall–Kier alpha value is -2.61. The van der Waals surface area contributed by atoms with Gasteiger partial charge in [-0.3, -0.25) is 19.1 Å². The van der Waals surface area contributed by atoms with Crippen LogP contribution >= 0.6 is 11.8 Å². The highest BCUT2D eigenvalue weighted by Gasteiger charge is 2.21. The average Bonchev–Trinajstić information content (AvgIpc) is 2.92. The first-order valence-corrected chi connectivity index (χ1v) is 8.67. The molecule has 25 heavy (non-hydrogen) atoms. The Kier molecular flexibility index (Phi) is 4.63. The fourth-order valence-corrected chi connectivity index (χ4v) is 3.36. The van der Waals surface area contributed by atoms with Crippen molar-refractivity contribution in [3.05, 3.63) is 56.7 Å². The van der Waals surface area contributed by atoms with Crippen molar-refractivity contribution in [3.8, 4) is 0 Å². The van der Waals surface area contributed by atoms with Crippen LogP contribution in [0.3, 0.4) is 0 Å². The van der Waals surface area contributed by atoms with Gasteiger partial charge >= 0.3 is 5.69 Å². The fourth-order valence-electron chi connectivity index (χ4n) is 2.46. The van der Waals surface area contributed by atoms with Gasteiger partial charge in [-0.1, -0.05) is 42.1 Å². The van der Waals surface area contributed by atoms with Gasteiger partial charge in [-0.05, 0) is 19.4 Å². The van der Waals surface area contributed by atoms with Crippen LogP contribution in [-0.2, 0) is 18.4 Å². The number of aromatic amines is 1. The summed E-state index contributed by atoms with van der Waals surface area (Å²) in [7, 11) is 1.56. The number of imidazole rings is 1. The quantitative estimate of drug-likeness (QED) is 0.699. The first-order chi connectivity index (χ1) is 11.9. The summed E-state index contributed by atoms with van der Waals surface area (Å²) in [5.74, 6) is 0.0196. The minimum Gasteiger partial charge on any atom is -0.309 e. The monoisotopic (exact) mass is 358 g/mol. The van der Waals surface area contributed by atoms with Gasteiger partial charge in [0.25, 0.3) is 5.56 Å². The molecule has 3 rings (SSSR count). The number of Topliss-reactive ketones (excluding diaryl/α,β-unsaturated/α-hetero) is 1. The number of H-pyrrole nitrogens is 1. The van der Waals surface area contributed by atoms with Gasteiger partial charge in [0.2, 0.25) is 0 Å². The number of hydrogen-bond donors (Lipinski definition) is 1. The van der Waals surface area contributed by atoms with Gasteiger partial charge in [-0.25, -0.2) is 9.78 Å². The second-order valence-corrected chi connectivity index (χ2v) is 7.14. The molecule has 8 heteroatoms. The third kappa shape index (κ3) is 3.30. The number of carbonyl (C=O) groups excluding carboxylic acids is 1. The Balaban J connectivity index is 2.22. The number of aromatic nitrogens is 4. The van der Waals surface area contributed by atoms with Crippen molar-refractivity contribution < 1.29 is 4.79 Å². The van der Waals surface area contributed by atoms with Crippen LogP contribution in [0.15, 0.2) is 45.1 Å². The summed E-state index contributed by atoms with van der Waals surface area (Å²) in [6, 6.07) is 9.65. The summed E-state index contributed by atoms with van der Waals surface area (Å²) in [6.07, 6.45) is 0. The smallest absolute Gasteiger partial charge is 0.309 e. The molecule has 0 fully saturated rings. The summed E-state index contributed by atoms with van der Waals surface area (Å²) < 4.78 is 3.06. The van der Waals surface area contributed by atoms with Crippen LogP contribution in [0.4, 0.5) is 0 Å². The van der Waals surface area contributed by atoms with E-state index in [-0.39, 0.29) is 11.0 Å². The molecule has 0 spiro atoms. The summed E-state index contributed by atoms with van der Waals surface area (Å²) >= 11 is 1.28. The van der Waals surface area contributed by atoms with E-state index < -0.39 is 11.2 Å². The molecule has 1 unspecified atom stereocenters. The standard InChI is InChI=1S/C17H18N4O3S/c1-10(22)11(2)25-17-18-14-13(15(23)19-16(24)20(14)3)21(17)9-12-7-5-4-6-8-12/h4-8,11H,9H2,1-3H3,(H,19,23,24). The van der Waals surface area contributed by atoms with Gasteiger partial charge < -0.3 is 4.57 Å². The Labute approximate surface area is 147 Å². The first-order valence-electron chi connectivity index (χ1n) is 7.79. The van der Waals surface area contributed by atoms with Crippen LogP contribution in [0.25, 0.3) is 11.2 Å². The predicted octanol–water partition coefficient (Wildman–Crippen LogP) is 1.54. The van der Waals surface area contributed by atoms with Gasteiger partial charge in [0, 0.05) is 7.05 Å². The van der Waals surface area contributed by atoms with Gasteiger partial charge in [-0.15, -0.1) is 0 Å². The van der Waals surface area contributed by atoms with Crippen molar-refractivity contribution in [2.75, 3.05) is 0 Å². The lowest BCUT2D eigenvalue weighted by Gasteiger charge is -2.11. The molecule has 130 valence electrons. The molecule has 1 N–H and O–H groups in total. The molecular formula is C17H18N4O3S. The van der Waals surface area contributed by atoms with E-state index in [4.69, 9.17) is 0 Å². The molecule has 1 atom stereocenters. The zero-order chi connectivity index (χ0) is 18.1. The normalized spacial score (nSPS) is 12.4. The molecule has 0 aliphatic heterocycles. The number of nitrogens with one attached hydrogen (secondary N) is 1. The highest BCUT2D eigenvalue weighted by atomic mass is 32.2. The van der Waals surface area contributed by atoms with E-state index in [1.54, 1.807) is 18.5 Å². The third-order valence-electron chi connectivity index (χ3n) is 4.01. The van der Waals surface area contributed by atoms with Gasteiger partial charge in [-0.2, -0.15) is 0 Å². The molecule has 0 aliphatic rings. The minimum absolute atomic E-state index is 0.0196. The van der Waals surface area contributed by atoms with E-state index in [1.165, 1.54) is 23.3 Å². The summed E-state index contributed by atoms with van der Waals surface area (Å²) in [6.45, 7) is 3.73. The zero-order valence-electron chi connectivity index (χ0n) is 14.1. The van der Waals surface area contributed by atoms with Crippen LogP contribution in [0.1, 0.15) is 19.4 Å². The van der Waals surface area contributed by atoms with Crippen LogP contribution in [0.2, 0.25) is 0 Å². The Morgan fingerprint density at radius 2 is 1.96 bits per heavy atom. The number of fused-ring (bicyclic) bond motifs is 1. The van der Waals surface area contributed by atoms with Crippen molar-refractivity contribution in [2.24, 2.45) is 7.05 Å². The highest BCUT2D eigenvalue weighted by molar-refractivity contribution is 8.00. The van der Waals surface area contributed by atoms with Gasteiger partial charge in [0.15, 0.2) is 16.3 Å². The van der Waals surface area contributed by atoms with Crippen LogP contribution in [-0.4, -0.2) is 30.1 Å². The largest absolute Gasteiger partial charge is 0.329 e. The molecule has 0 saturated carbocycles. The molecule has 3 aromatic rings. The summed E-state index contributed by atoms with van der Waals surface area (Å²) in [5.41, 5.74) is 0.626. The number of benzene rings is 1. The second-order valence-electron chi connectivity index (χ2n) is 5.83. The molecule has 2 heterocycles. The van der Waals surface area contributed by atoms with Crippen molar-refractivity contribution in [2.45, 2.75) is 30.8 Å². The molecule has 2 aromatic heterocycles. The number of rotatable bonds is 5. The van der Waals surface area contributed by atoms with E-state index in [0.717, 1.165) is 5.56 Å². The molecule has 1 aromatic carbocycles. The predicted molar refractivity (Wildman–Crippen MR) is 97.1 cm³/mol. The topological polar surface area (TPSA) is 89.8 Å². The number of aryl methyl sites for hydroxylation is 1. The maximum atomic E-state index is 12.4. The molecule has 0 radical (unpaired) electrons. The van der Waals surface area contributed by atoms with Crippen molar-refractivity contribution in [3.63, 3.8) is 0 Å². The first kappa shape index (κ1) is 17.2. The number of hydrogen-bond acceptors (Lipinski definition) is 5. The number of carbonyl (C=O) groups is 1. The lowest BCUT2D eigenvalue weighted by atomic mass is 10.2. The Morgan fingerprint density at radius 1 is 1.28 bits per heavy atom. The molecular weight excluding hydrogens is 340 g/mol. The van der Waals surface area contributed by atoms with Gasteiger partial charge in [0.1, 0.15) is 5.78 Å². The molecule has 7 nitrogen and oxygen atoms in total. The van der Waals surface area contributed by atoms with E-state index in [9.17, 15) is 14.4 Å². The highest BCUT2D eigenvalue weighted by Crippen LogP contribution is 2.26. The van der Waals surface area contributed by atoms with Gasteiger partial charge in [0.05, 0.1) is 11.8 Å². The maximum absolute atomic E-state index is 12.4. The molecule has 0 aliphatic carbocycles. The van der Waals surface area contributed by atoms with Crippen LogP contribution in [0.5, 0.6) is 0 Å².